The maximum Gasteiger partial charge on any atom is 0.170 e. The number of rotatable bonds is 7. The Morgan fingerprint density at radius 1 is 1.08 bits per heavy atom. The first-order chi connectivity index (χ1) is 11.0. The molecule has 2 unspecified atom stereocenters. The van der Waals surface area contributed by atoms with Crippen molar-refractivity contribution in [1.29, 1.82) is 0 Å². The molecule has 0 amide bonds. The van der Waals surface area contributed by atoms with Gasteiger partial charge < -0.3 is 24.4 Å². The standard InChI is InChI=1S/C19H36O5/c1-7-8-9-10-11-17(6)15(23-16(4,5)24-17)18(20)12-19(21,14(2)3)22-13-18/h14-15,20-21H,7-13H2,1-6H3/t15-,17-,18?,19?/m0/s1. The number of hydrogen-bond donors (Lipinski definition) is 2. The molecular weight excluding hydrogens is 308 g/mol. The number of hydrogen-bond acceptors (Lipinski definition) is 5. The summed E-state index contributed by atoms with van der Waals surface area (Å²) < 4.78 is 17.9. The second-order valence-electron chi connectivity index (χ2n) is 8.69. The van der Waals surface area contributed by atoms with Gasteiger partial charge in [0.05, 0.1) is 12.2 Å². The SMILES string of the molecule is CCCCCC[C@]1(C)OC(C)(C)O[C@@H]1C1(O)COC(O)(C(C)C)C1. The zero-order valence-electron chi connectivity index (χ0n) is 16.2. The highest BCUT2D eigenvalue weighted by molar-refractivity contribution is 5.08. The van der Waals surface area contributed by atoms with Crippen molar-refractivity contribution in [3.8, 4) is 0 Å². The molecule has 0 aromatic carbocycles. The van der Waals surface area contributed by atoms with Gasteiger partial charge in [-0.15, -0.1) is 0 Å². The largest absolute Gasteiger partial charge is 0.384 e. The van der Waals surface area contributed by atoms with Crippen LogP contribution in [0.25, 0.3) is 0 Å². The fourth-order valence-corrected chi connectivity index (χ4v) is 4.14. The fourth-order valence-electron chi connectivity index (χ4n) is 4.14. The first-order valence-corrected chi connectivity index (χ1v) is 9.43. The molecule has 24 heavy (non-hydrogen) atoms. The zero-order valence-corrected chi connectivity index (χ0v) is 16.2. The van der Waals surface area contributed by atoms with Gasteiger partial charge in [-0.25, -0.2) is 0 Å². The smallest absolute Gasteiger partial charge is 0.170 e. The Morgan fingerprint density at radius 3 is 2.29 bits per heavy atom. The van der Waals surface area contributed by atoms with E-state index in [0.29, 0.717) is 0 Å². The lowest BCUT2D eigenvalue weighted by Gasteiger charge is -2.37. The van der Waals surface area contributed by atoms with Gasteiger partial charge in [-0.05, 0) is 27.2 Å². The predicted octanol–water partition coefficient (Wildman–Crippen LogP) is 3.36. The molecule has 0 aromatic rings. The molecule has 0 bridgehead atoms. The van der Waals surface area contributed by atoms with Crippen LogP contribution in [0.4, 0.5) is 0 Å². The number of aliphatic hydroxyl groups is 2. The molecule has 2 rings (SSSR count). The molecule has 5 heteroatoms. The summed E-state index contributed by atoms with van der Waals surface area (Å²) in [4.78, 5) is 0. The maximum absolute atomic E-state index is 11.3. The second-order valence-corrected chi connectivity index (χ2v) is 8.69. The Bertz CT molecular complexity index is 437. The van der Waals surface area contributed by atoms with E-state index in [1.165, 1.54) is 12.8 Å². The van der Waals surface area contributed by atoms with Gasteiger partial charge >= 0.3 is 0 Å². The van der Waals surface area contributed by atoms with Gasteiger partial charge in [-0.2, -0.15) is 0 Å². The second kappa shape index (κ2) is 6.84. The highest BCUT2D eigenvalue weighted by Crippen LogP contribution is 2.49. The molecule has 0 spiro atoms. The summed E-state index contributed by atoms with van der Waals surface area (Å²) in [6, 6.07) is 0. The average Bonchev–Trinajstić information content (AvgIpc) is 2.91. The summed E-state index contributed by atoms with van der Waals surface area (Å²) in [5, 5.41) is 21.9. The minimum absolute atomic E-state index is 0.0658. The van der Waals surface area contributed by atoms with Crippen molar-refractivity contribution in [3.63, 3.8) is 0 Å². The summed E-state index contributed by atoms with van der Waals surface area (Å²) in [6.07, 6.45) is 5.01. The Morgan fingerprint density at radius 2 is 1.75 bits per heavy atom. The van der Waals surface area contributed by atoms with E-state index in [9.17, 15) is 10.2 Å². The summed E-state index contributed by atoms with van der Waals surface area (Å²) in [5.41, 5.74) is -1.83. The molecule has 2 saturated heterocycles. The first kappa shape index (κ1) is 20.1. The summed E-state index contributed by atoms with van der Waals surface area (Å²) in [5.74, 6) is -2.16. The fraction of sp³-hybridized carbons (Fsp3) is 1.00. The van der Waals surface area contributed by atoms with Crippen LogP contribution in [0.3, 0.4) is 0 Å². The average molecular weight is 344 g/mol. The van der Waals surface area contributed by atoms with Crippen molar-refractivity contribution < 1.29 is 24.4 Å². The van der Waals surface area contributed by atoms with E-state index in [4.69, 9.17) is 14.2 Å². The van der Waals surface area contributed by atoms with E-state index in [1.54, 1.807) is 0 Å². The number of unbranched alkanes of at least 4 members (excludes halogenated alkanes) is 3. The van der Waals surface area contributed by atoms with Crippen LogP contribution in [-0.4, -0.2) is 45.7 Å². The summed E-state index contributed by atoms with van der Waals surface area (Å²) >= 11 is 0. The lowest BCUT2D eigenvalue weighted by Crippen LogP contribution is -2.55. The molecule has 2 aliphatic rings. The molecule has 2 heterocycles. The molecule has 0 saturated carbocycles. The molecule has 0 aromatic heterocycles. The van der Waals surface area contributed by atoms with Crippen LogP contribution >= 0.6 is 0 Å². The zero-order chi connectivity index (χ0) is 18.2. The normalized spacial score (nSPS) is 42.1. The third-order valence-corrected chi connectivity index (χ3v) is 5.48. The molecular formula is C19H36O5. The quantitative estimate of drug-likeness (QED) is 0.693. The van der Waals surface area contributed by atoms with Crippen molar-refractivity contribution in [1.82, 2.24) is 0 Å². The van der Waals surface area contributed by atoms with Crippen molar-refractivity contribution in [3.05, 3.63) is 0 Å². The molecule has 5 nitrogen and oxygen atoms in total. The van der Waals surface area contributed by atoms with Gasteiger partial charge in [0.1, 0.15) is 11.7 Å². The molecule has 2 fully saturated rings. The third-order valence-electron chi connectivity index (χ3n) is 5.48. The Balaban J connectivity index is 2.16. The van der Waals surface area contributed by atoms with Gasteiger partial charge in [0.2, 0.25) is 0 Å². The Labute approximate surface area is 146 Å². The van der Waals surface area contributed by atoms with E-state index in [-0.39, 0.29) is 18.9 Å². The monoisotopic (exact) mass is 344 g/mol. The minimum atomic E-state index is -1.31. The Kier molecular flexibility index (Phi) is 5.73. The van der Waals surface area contributed by atoms with E-state index in [1.807, 2.05) is 34.6 Å². The van der Waals surface area contributed by atoms with Crippen molar-refractivity contribution >= 4 is 0 Å². The minimum Gasteiger partial charge on any atom is -0.384 e. The molecule has 4 atom stereocenters. The van der Waals surface area contributed by atoms with Crippen LogP contribution in [0.5, 0.6) is 0 Å². The molecule has 0 aliphatic carbocycles. The summed E-state index contributed by atoms with van der Waals surface area (Å²) in [6.45, 7) is 11.8. The lowest BCUT2D eigenvalue weighted by atomic mass is 9.78. The predicted molar refractivity (Wildman–Crippen MR) is 92.5 cm³/mol. The van der Waals surface area contributed by atoms with Crippen LogP contribution in [0.2, 0.25) is 0 Å². The Hall–Kier alpha value is -0.200. The highest BCUT2D eigenvalue weighted by atomic mass is 16.8. The number of ether oxygens (including phenoxy) is 3. The molecule has 0 radical (unpaired) electrons. The van der Waals surface area contributed by atoms with E-state index in [0.717, 1.165) is 19.3 Å². The van der Waals surface area contributed by atoms with Crippen LogP contribution < -0.4 is 0 Å². The third kappa shape index (κ3) is 3.96. The van der Waals surface area contributed by atoms with Crippen LogP contribution in [0.15, 0.2) is 0 Å². The van der Waals surface area contributed by atoms with E-state index < -0.39 is 28.9 Å². The van der Waals surface area contributed by atoms with E-state index >= 15 is 0 Å². The molecule has 2 N–H and O–H groups in total. The van der Waals surface area contributed by atoms with Crippen LogP contribution in [0.1, 0.15) is 80.1 Å². The van der Waals surface area contributed by atoms with Crippen LogP contribution in [-0.2, 0) is 14.2 Å². The van der Waals surface area contributed by atoms with Crippen molar-refractivity contribution in [2.75, 3.05) is 6.61 Å². The highest BCUT2D eigenvalue weighted by Gasteiger charge is 2.63. The topological polar surface area (TPSA) is 68.2 Å². The van der Waals surface area contributed by atoms with Crippen molar-refractivity contribution in [2.24, 2.45) is 5.92 Å². The van der Waals surface area contributed by atoms with E-state index in [2.05, 4.69) is 6.92 Å². The maximum atomic E-state index is 11.3. The first-order valence-electron chi connectivity index (χ1n) is 9.43. The lowest BCUT2D eigenvalue weighted by molar-refractivity contribution is -0.199. The van der Waals surface area contributed by atoms with Crippen LogP contribution in [0, 0.1) is 5.92 Å². The van der Waals surface area contributed by atoms with Crippen molar-refractivity contribution in [2.45, 2.75) is 109 Å². The summed E-state index contributed by atoms with van der Waals surface area (Å²) in [7, 11) is 0. The van der Waals surface area contributed by atoms with Gasteiger partial charge in [0, 0.05) is 12.3 Å². The van der Waals surface area contributed by atoms with Gasteiger partial charge in [0.15, 0.2) is 11.6 Å². The van der Waals surface area contributed by atoms with Gasteiger partial charge in [-0.3, -0.25) is 0 Å². The molecule has 142 valence electrons. The molecule has 2 aliphatic heterocycles. The van der Waals surface area contributed by atoms with Gasteiger partial charge in [-0.1, -0.05) is 46.5 Å². The van der Waals surface area contributed by atoms with Gasteiger partial charge in [0.25, 0.3) is 0 Å².